The molecule has 0 amide bonds. The number of benzene rings is 9. The van der Waals surface area contributed by atoms with Crippen molar-refractivity contribution in [3.8, 4) is 33.4 Å². The molecule has 0 saturated carbocycles. The molecule has 2 nitrogen and oxygen atoms in total. The van der Waals surface area contributed by atoms with Gasteiger partial charge in [0, 0.05) is 16.6 Å². The van der Waals surface area contributed by atoms with Crippen molar-refractivity contribution >= 4 is 60.5 Å². The highest BCUT2D eigenvalue weighted by atomic mass is 16.3. The van der Waals surface area contributed by atoms with Crippen LogP contribution < -0.4 is 4.90 Å². The summed E-state index contributed by atoms with van der Waals surface area (Å²) in [7, 11) is 0. The summed E-state index contributed by atoms with van der Waals surface area (Å²) in [6.45, 7) is 0. The number of furan rings is 1. The molecule has 0 unspecified atom stereocenters. The second-order valence-corrected chi connectivity index (χ2v) is 13.4. The third-order valence-electron chi connectivity index (χ3n) is 10.2. The van der Waals surface area contributed by atoms with Crippen LogP contribution >= 0.6 is 0 Å². The number of nitrogens with zero attached hydrogens (tertiary/aromatic N) is 1. The van der Waals surface area contributed by atoms with Gasteiger partial charge in [-0.15, -0.1) is 0 Å². The minimum atomic E-state index is 0.873. The number of anilines is 3. The molecule has 1 aromatic heterocycles. The van der Waals surface area contributed by atoms with Crippen molar-refractivity contribution in [1.29, 1.82) is 0 Å². The van der Waals surface area contributed by atoms with Gasteiger partial charge in [-0.3, -0.25) is 0 Å². The van der Waals surface area contributed by atoms with Gasteiger partial charge >= 0.3 is 0 Å². The molecule has 10 aromatic rings. The molecule has 9 aromatic carbocycles. The highest BCUT2D eigenvalue weighted by molar-refractivity contribution is 6.14. The van der Waals surface area contributed by atoms with Gasteiger partial charge in [0.1, 0.15) is 11.2 Å². The molecule has 0 saturated heterocycles. The van der Waals surface area contributed by atoms with E-state index in [-0.39, 0.29) is 0 Å². The predicted octanol–water partition coefficient (Wildman–Crippen LogP) is 14.4. The zero-order chi connectivity index (χ0) is 34.4. The second-order valence-electron chi connectivity index (χ2n) is 13.4. The molecule has 0 N–H and O–H groups in total. The monoisotopic (exact) mass is 663 g/mol. The van der Waals surface area contributed by atoms with E-state index in [9.17, 15) is 0 Å². The van der Waals surface area contributed by atoms with E-state index in [0.717, 1.165) is 44.6 Å². The van der Waals surface area contributed by atoms with Gasteiger partial charge in [0.05, 0.1) is 16.8 Å². The fourth-order valence-electron chi connectivity index (χ4n) is 7.66. The van der Waals surface area contributed by atoms with Gasteiger partial charge in [0.15, 0.2) is 0 Å². The maximum absolute atomic E-state index is 6.36. The van der Waals surface area contributed by atoms with Gasteiger partial charge in [-0.05, 0) is 104 Å². The van der Waals surface area contributed by atoms with Crippen LogP contribution in [0, 0.1) is 0 Å². The molecule has 0 atom stereocenters. The van der Waals surface area contributed by atoms with Crippen LogP contribution in [0.5, 0.6) is 0 Å². The van der Waals surface area contributed by atoms with Crippen LogP contribution in [-0.4, -0.2) is 0 Å². The zero-order valence-electron chi connectivity index (χ0n) is 28.4. The Balaban J connectivity index is 1.06. The Morgan fingerprint density at radius 2 is 0.865 bits per heavy atom. The SMILES string of the molecule is c1ccc(-c2ccccc2N(c2ccc(-c3ccc4cc(-c5ccc6ccccc6c5)ccc4c3)cc2)c2cccc3oc4ccccc4c23)cc1. The topological polar surface area (TPSA) is 16.4 Å². The quantitative estimate of drug-likeness (QED) is 0.176. The lowest BCUT2D eigenvalue weighted by Crippen LogP contribution is -2.11. The smallest absolute Gasteiger partial charge is 0.137 e. The molecule has 244 valence electrons. The van der Waals surface area contributed by atoms with Crippen LogP contribution in [0.25, 0.3) is 76.9 Å². The molecular weight excluding hydrogens is 631 g/mol. The minimum absolute atomic E-state index is 0.873. The predicted molar refractivity (Wildman–Crippen MR) is 220 cm³/mol. The number of para-hydroxylation sites is 2. The lowest BCUT2D eigenvalue weighted by atomic mass is 9.96. The first-order valence-electron chi connectivity index (χ1n) is 17.8. The molecule has 0 radical (unpaired) electrons. The van der Waals surface area contributed by atoms with Crippen molar-refractivity contribution < 1.29 is 4.42 Å². The molecule has 0 aliphatic carbocycles. The van der Waals surface area contributed by atoms with Gasteiger partial charge in [-0.1, -0.05) is 146 Å². The molecule has 10 rings (SSSR count). The molecule has 0 bridgehead atoms. The van der Waals surface area contributed by atoms with Crippen molar-refractivity contribution in [3.05, 3.63) is 200 Å². The van der Waals surface area contributed by atoms with Crippen LogP contribution in [0.4, 0.5) is 17.1 Å². The van der Waals surface area contributed by atoms with E-state index in [1.165, 1.54) is 49.4 Å². The molecule has 2 heteroatoms. The molecule has 1 heterocycles. The van der Waals surface area contributed by atoms with Gasteiger partial charge < -0.3 is 9.32 Å². The van der Waals surface area contributed by atoms with Gasteiger partial charge in [0.2, 0.25) is 0 Å². The first-order chi connectivity index (χ1) is 25.8. The van der Waals surface area contributed by atoms with Crippen molar-refractivity contribution in [2.45, 2.75) is 0 Å². The Kier molecular flexibility index (Phi) is 7.18. The first-order valence-corrected chi connectivity index (χ1v) is 17.8. The van der Waals surface area contributed by atoms with E-state index in [4.69, 9.17) is 4.42 Å². The van der Waals surface area contributed by atoms with E-state index in [1.807, 2.05) is 12.1 Å². The standard InChI is InChI=1S/C50H33NO/c1-2-12-36(13-3-1)44-15-6-8-17-46(44)51(47-18-10-20-49-50(47)45-16-7-9-19-48(45)52-49)43-29-27-35(28-30-43)38-23-24-41-33-42(26-25-40(41)32-38)39-22-21-34-11-4-5-14-37(34)31-39/h1-33H. The zero-order valence-corrected chi connectivity index (χ0v) is 28.4. The molecular formula is C50H33NO. The van der Waals surface area contributed by atoms with Crippen molar-refractivity contribution in [3.63, 3.8) is 0 Å². The number of fused-ring (bicyclic) bond motifs is 5. The fourth-order valence-corrected chi connectivity index (χ4v) is 7.66. The van der Waals surface area contributed by atoms with Crippen LogP contribution in [0.1, 0.15) is 0 Å². The normalized spacial score (nSPS) is 11.5. The summed E-state index contributed by atoms with van der Waals surface area (Å²) in [6.07, 6.45) is 0. The third kappa shape index (κ3) is 5.21. The maximum atomic E-state index is 6.36. The first kappa shape index (κ1) is 30.0. The Hall–Kier alpha value is -6.90. The molecule has 0 fully saturated rings. The van der Waals surface area contributed by atoms with E-state index in [1.54, 1.807) is 0 Å². The summed E-state index contributed by atoms with van der Waals surface area (Å²) in [5, 5.41) is 7.18. The summed E-state index contributed by atoms with van der Waals surface area (Å²) in [5.74, 6) is 0. The average molecular weight is 664 g/mol. The van der Waals surface area contributed by atoms with E-state index in [2.05, 4.69) is 193 Å². The van der Waals surface area contributed by atoms with E-state index < -0.39 is 0 Å². The van der Waals surface area contributed by atoms with E-state index in [0.29, 0.717) is 0 Å². The van der Waals surface area contributed by atoms with E-state index >= 15 is 0 Å². The number of hydrogen-bond acceptors (Lipinski definition) is 2. The molecule has 52 heavy (non-hydrogen) atoms. The van der Waals surface area contributed by atoms with Crippen LogP contribution in [0.3, 0.4) is 0 Å². The average Bonchev–Trinajstić information content (AvgIpc) is 3.61. The third-order valence-corrected chi connectivity index (χ3v) is 10.2. The van der Waals surface area contributed by atoms with Gasteiger partial charge in [-0.25, -0.2) is 0 Å². The summed E-state index contributed by atoms with van der Waals surface area (Å²) >= 11 is 0. The Morgan fingerprint density at radius 3 is 1.63 bits per heavy atom. The minimum Gasteiger partial charge on any atom is -0.456 e. The summed E-state index contributed by atoms with van der Waals surface area (Å²) < 4.78 is 6.36. The molecule has 0 aliphatic rings. The number of rotatable bonds is 6. The summed E-state index contributed by atoms with van der Waals surface area (Å²) in [6, 6.07) is 71.7. The fraction of sp³-hybridized carbons (Fsp3) is 0. The van der Waals surface area contributed by atoms with Crippen molar-refractivity contribution in [1.82, 2.24) is 0 Å². The van der Waals surface area contributed by atoms with Crippen LogP contribution in [0.15, 0.2) is 205 Å². The molecule has 0 aliphatic heterocycles. The summed E-state index contributed by atoms with van der Waals surface area (Å²) in [5.41, 5.74) is 12.2. The van der Waals surface area contributed by atoms with Gasteiger partial charge in [-0.2, -0.15) is 0 Å². The van der Waals surface area contributed by atoms with Crippen LogP contribution in [0.2, 0.25) is 0 Å². The Morgan fingerprint density at radius 1 is 0.327 bits per heavy atom. The van der Waals surface area contributed by atoms with Crippen molar-refractivity contribution in [2.75, 3.05) is 4.90 Å². The highest BCUT2D eigenvalue weighted by Gasteiger charge is 2.21. The largest absolute Gasteiger partial charge is 0.456 e. The maximum Gasteiger partial charge on any atom is 0.137 e. The Labute approximate surface area is 302 Å². The highest BCUT2D eigenvalue weighted by Crippen LogP contribution is 2.46. The Bertz CT molecular complexity index is 2900. The lowest BCUT2D eigenvalue weighted by molar-refractivity contribution is 0.669. The van der Waals surface area contributed by atoms with Crippen LogP contribution in [-0.2, 0) is 0 Å². The number of hydrogen-bond donors (Lipinski definition) is 0. The van der Waals surface area contributed by atoms with Gasteiger partial charge in [0.25, 0.3) is 0 Å². The summed E-state index contributed by atoms with van der Waals surface area (Å²) in [4.78, 5) is 2.38. The lowest BCUT2D eigenvalue weighted by Gasteiger charge is -2.28. The van der Waals surface area contributed by atoms with Crippen molar-refractivity contribution in [2.24, 2.45) is 0 Å². The second kappa shape index (κ2) is 12.5. The molecule has 0 spiro atoms.